The van der Waals surface area contributed by atoms with Gasteiger partial charge in [-0.2, -0.15) is 0 Å². The number of nitrogens with two attached hydrogens (primary N) is 1. The predicted molar refractivity (Wildman–Crippen MR) is 101 cm³/mol. The van der Waals surface area contributed by atoms with Crippen LogP contribution in [0.5, 0.6) is 0 Å². The highest BCUT2D eigenvalue weighted by molar-refractivity contribution is 6.04. The van der Waals surface area contributed by atoms with Crippen LogP contribution in [0.3, 0.4) is 0 Å². The molecule has 1 aliphatic heterocycles. The predicted octanol–water partition coefficient (Wildman–Crippen LogP) is 2.74. The Morgan fingerprint density at radius 1 is 1.04 bits per heavy atom. The van der Waals surface area contributed by atoms with Crippen LogP contribution in [-0.2, 0) is 4.79 Å². The highest BCUT2D eigenvalue weighted by Gasteiger charge is 2.20. The zero-order valence-corrected chi connectivity index (χ0v) is 14.7. The number of likely N-dealkylation sites (tertiary alicyclic amines) is 1. The topological polar surface area (TPSA) is 88.3 Å². The molecule has 6 heteroatoms. The summed E-state index contributed by atoms with van der Waals surface area (Å²) in [6, 6.07) is 10.2. The summed E-state index contributed by atoms with van der Waals surface area (Å²) in [4.78, 5) is 30.4. The Bertz CT molecular complexity index is 740. The van der Waals surface area contributed by atoms with E-state index in [2.05, 4.69) is 10.3 Å². The number of carbonyl (C=O) groups is 2. The molecule has 6 nitrogen and oxygen atoms in total. The van der Waals surface area contributed by atoms with Gasteiger partial charge >= 0.3 is 0 Å². The molecular formula is C20H24N4O2. The summed E-state index contributed by atoms with van der Waals surface area (Å²) in [5, 5.41) is 2.81. The number of nitrogens with zero attached hydrogens (tertiary/aromatic N) is 2. The minimum Gasteiger partial charge on any atom is -0.343 e. The highest BCUT2D eigenvalue weighted by atomic mass is 16.2. The van der Waals surface area contributed by atoms with Gasteiger partial charge in [-0.25, -0.2) is 0 Å². The van der Waals surface area contributed by atoms with Gasteiger partial charge < -0.3 is 16.0 Å². The molecule has 1 aromatic heterocycles. The monoisotopic (exact) mass is 352 g/mol. The molecule has 1 atom stereocenters. The van der Waals surface area contributed by atoms with Crippen LogP contribution in [0, 0.1) is 0 Å². The van der Waals surface area contributed by atoms with Gasteiger partial charge in [-0.05, 0) is 49.1 Å². The fraction of sp³-hybridized carbons (Fsp3) is 0.350. The number of piperidine rings is 1. The number of anilines is 1. The van der Waals surface area contributed by atoms with Crippen LogP contribution in [0.15, 0.2) is 48.8 Å². The summed E-state index contributed by atoms with van der Waals surface area (Å²) >= 11 is 0. The Morgan fingerprint density at radius 3 is 2.35 bits per heavy atom. The van der Waals surface area contributed by atoms with Gasteiger partial charge in [0, 0.05) is 49.2 Å². The van der Waals surface area contributed by atoms with E-state index < -0.39 is 0 Å². The fourth-order valence-electron chi connectivity index (χ4n) is 3.10. The van der Waals surface area contributed by atoms with Crippen molar-refractivity contribution in [1.82, 2.24) is 9.88 Å². The van der Waals surface area contributed by atoms with Gasteiger partial charge in [0.1, 0.15) is 0 Å². The Morgan fingerprint density at radius 2 is 1.69 bits per heavy atom. The Kier molecular flexibility index (Phi) is 5.96. The number of aromatic nitrogens is 1. The summed E-state index contributed by atoms with van der Waals surface area (Å²) < 4.78 is 0. The highest BCUT2D eigenvalue weighted by Crippen LogP contribution is 2.19. The van der Waals surface area contributed by atoms with Crippen molar-refractivity contribution in [3.05, 3.63) is 59.9 Å². The van der Waals surface area contributed by atoms with E-state index in [-0.39, 0.29) is 17.9 Å². The molecule has 3 rings (SSSR count). The molecule has 1 fully saturated rings. The van der Waals surface area contributed by atoms with Gasteiger partial charge in [0.25, 0.3) is 5.91 Å². The second-order valence-electron chi connectivity index (χ2n) is 6.56. The Balaban J connectivity index is 1.57. The quantitative estimate of drug-likeness (QED) is 0.866. The number of rotatable bonds is 5. The molecule has 26 heavy (non-hydrogen) atoms. The molecule has 2 aromatic rings. The number of nitrogens with one attached hydrogen (secondary N) is 1. The molecule has 1 aromatic carbocycles. The molecule has 0 bridgehead atoms. The van der Waals surface area contributed by atoms with Crippen molar-refractivity contribution in [1.29, 1.82) is 0 Å². The minimum absolute atomic E-state index is 0.108. The van der Waals surface area contributed by atoms with Gasteiger partial charge in [-0.1, -0.05) is 12.1 Å². The Hall–Kier alpha value is -2.73. The van der Waals surface area contributed by atoms with Crippen molar-refractivity contribution >= 4 is 17.5 Å². The molecule has 1 unspecified atom stereocenters. The van der Waals surface area contributed by atoms with E-state index >= 15 is 0 Å². The summed E-state index contributed by atoms with van der Waals surface area (Å²) in [6.45, 7) is 1.67. The van der Waals surface area contributed by atoms with E-state index in [4.69, 9.17) is 5.73 Å². The van der Waals surface area contributed by atoms with Crippen molar-refractivity contribution in [2.24, 2.45) is 5.73 Å². The first-order chi connectivity index (χ1) is 12.6. The van der Waals surface area contributed by atoms with Crippen molar-refractivity contribution in [2.75, 3.05) is 18.4 Å². The maximum Gasteiger partial charge on any atom is 0.255 e. The van der Waals surface area contributed by atoms with Gasteiger partial charge in [0.15, 0.2) is 0 Å². The van der Waals surface area contributed by atoms with Crippen LogP contribution < -0.4 is 11.1 Å². The number of benzene rings is 1. The summed E-state index contributed by atoms with van der Waals surface area (Å²) in [5.74, 6) is -0.0857. The van der Waals surface area contributed by atoms with Gasteiger partial charge in [0.2, 0.25) is 5.91 Å². The standard InChI is InChI=1S/C20H24N4O2/c21-18(14-19(25)24-12-2-1-3-13-24)15-4-6-16(7-5-15)20(26)23-17-8-10-22-11-9-17/h4-11,18H,1-3,12-14,21H2,(H,22,23,26). The molecule has 0 aliphatic carbocycles. The summed E-state index contributed by atoms with van der Waals surface area (Å²) in [7, 11) is 0. The molecule has 2 heterocycles. The van der Waals surface area contributed by atoms with Crippen molar-refractivity contribution in [3.63, 3.8) is 0 Å². The van der Waals surface area contributed by atoms with Crippen LogP contribution in [0.1, 0.15) is 47.6 Å². The van der Waals surface area contributed by atoms with Crippen molar-refractivity contribution in [3.8, 4) is 0 Å². The molecule has 0 saturated carbocycles. The maximum atomic E-state index is 12.3. The lowest BCUT2D eigenvalue weighted by molar-refractivity contribution is -0.132. The molecular weight excluding hydrogens is 328 g/mol. The third-order valence-electron chi connectivity index (χ3n) is 4.64. The van der Waals surface area contributed by atoms with Gasteiger partial charge in [0.05, 0.1) is 0 Å². The first-order valence-electron chi connectivity index (χ1n) is 8.98. The average Bonchev–Trinajstić information content (AvgIpc) is 2.69. The fourth-order valence-corrected chi connectivity index (χ4v) is 3.10. The molecule has 0 spiro atoms. The minimum atomic E-state index is -0.360. The van der Waals surface area contributed by atoms with E-state index in [1.807, 2.05) is 17.0 Å². The van der Waals surface area contributed by atoms with Crippen LogP contribution in [0.25, 0.3) is 0 Å². The Labute approximate surface area is 153 Å². The summed E-state index contributed by atoms with van der Waals surface area (Å²) in [5.41, 5.74) is 8.29. The lowest BCUT2D eigenvalue weighted by atomic mass is 10.0. The number of pyridine rings is 1. The molecule has 3 N–H and O–H groups in total. The molecule has 136 valence electrons. The van der Waals surface area contributed by atoms with Crippen molar-refractivity contribution in [2.45, 2.75) is 31.7 Å². The number of hydrogen-bond acceptors (Lipinski definition) is 4. The molecule has 1 aliphatic rings. The third-order valence-corrected chi connectivity index (χ3v) is 4.64. The lowest BCUT2D eigenvalue weighted by Gasteiger charge is -2.27. The van der Waals surface area contributed by atoms with Crippen LogP contribution >= 0.6 is 0 Å². The molecule has 2 amide bonds. The van der Waals surface area contributed by atoms with E-state index in [1.54, 1.807) is 36.7 Å². The smallest absolute Gasteiger partial charge is 0.255 e. The first kappa shape index (κ1) is 18.1. The largest absolute Gasteiger partial charge is 0.343 e. The normalized spacial score (nSPS) is 15.3. The SMILES string of the molecule is NC(CC(=O)N1CCCCC1)c1ccc(C(=O)Nc2ccncc2)cc1. The first-order valence-corrected chi connectivity index (χ1v) is 8.98. The molecule has 0 radical (unpaired) electrons. The van der Waals surface area contributed by atoms with E-state index in [0.29, 0.717) is 17.7 Å². The summed E-state index contributed by atoms with van der Waals surface area (Å²) in [6.07, 6.45) is 6.88. The van der Waals surface area contributed by atoms with E-state index in [1.165, 1.54) is 6.42 Å². The maximum absolute atomic E-state index is 12.3. The number of carbonyl (C=O) groups excluding carboxylic acids is 2. The zero-order valence-electron chi connectivity index (χ0n) is 14.7. The molecule has 1 saturated heterocycles. The second-order valence-corrected chi connectivity index (χ2v) is 6.56. The van der Waals surface area contributed by atoms with Crippen LogP contribution in [0.2, 0.25) is 0 Å². The number of amides is 2. The van der Waals surface area contributed by atoms with Crippen molar-refractivity contribution < 1.29 is 9.59 Å². The second kappa shape index (κ2) is 8.58. The van der Waals surface area contributed by atoms with Crippen LogP contribution in [0.4, 0.5) is 5.69 Å². The third kappa shape index (κ3) is 4.67. The average molecular weight is 352 g/mol. The van der Waals surface area contributed by atoms with E-state index in [0.717, 1.165) is 31.5 Å². The van der Waals surface area contributed by atoms with Crippen LogP contribution in [-0.4, -0.2) is 34.8 Å². The van der Waals surface area contributed by atoms with Gasteiger partial charge in [-0.3, -0.25) is 14.6 Å². The zero-order chi connectivity index (χ0) is 18.4. The van der Waals surface area contributed by atoms with E-state index in [9.17, 15) is 9.59 Å². The lowest BCUT2D eigenvalue weighted by Crippen LogP contribution is -2.37. The van der Waals surface area contributed by atoms with Gasteiger partial charge in [-0.15, -0.1) is 0 Å². The number of hydrogen-bond donors (Lipinski definition) is 2.